The Labute approximate surface area is 89.0 Å². The Morgan fingerprint density at radius 2 is 2.33 bits per heavy atom. The van der Waals surface area contributed by atoms with Crippen LogP contribution in [0.3, 0.4) is 0 Å². The highest BCUT2D eigenvalue weighted by Crippen LogP contribution is 2.21. The van der Waals surface area contributed by atoms with E-state index in [9.17, 15) is 5.11 Å². The van der Waals surface area contributed by atoms with E-state index >= 15 is 0 Å². The van der Waals surface area contributed by atoms with E-state index in [0.29, 0.717) is 18.2 Å². The molecule has 1 saturated heterocycles. The molecule has 0 radical (unpaired) electrons. The number of aromatic nitrogens is 3. The summed E-state index contributed by atoms with van der Waals surface area (Å²) in [6.07, 6.45) is 3.99. The van der Waals surface area contributed by atoms with Gasteiger partial charge in [-0.05, 0) is 19.3 Å². The molecule has 2 rings (SSSR count). The Balaban J connectivity index is 2.05. The summed E-state index contributed by atoms with van der Waals surface area (Å²) in [4.78, 5) is 0. The lowest BCUT2D eigenvalue weighted by Crippen LogP contribution is -2.20. The van der Waals surface area contributed by atoms with Gasteiger partial charge >= 0.3 is 0 Å². The summed E-state index contributed by atoms with van der Waals surface area (Å²) in [6.45, 7) is 3.50. The molecule has 1 aliphatic rings. The SMILES string of the molecule is CCC(O)c1cn(C2CCOCC2)nn1. The minimum Gasteiger partial charge on any atom is -0.387 e. The molecule has 0 aromatic carbocycles. The molecular formula is C10H17N3O2. The molecule has 15 heavy (non-hydrogen) atoms. The fraction of sp³-hybridized carbons (Fsp3) is 0.800. The van der Waals surface area contributed by atoms with Crippen molar-refractivity contribution in [3.8, 4) is 0 Å². The lowest BCUT2D eigenvalue weighted by Gasteiger charge is -2.21. The first-order valence-electron chi connectivity index (χ1n) is 5.48. The van der Waals surface area contributed by atoms with Crippen molar-refractivity contribution in [2.75, 3.05) is 13.2 Å². The second-order valence-electron chi connectivity index (χ2n) is 3.89. The van der Waals surface area contributed by atoms with Crippen LogP contribution >= 0.6 is 0 Å². The van der Waals surface area contributed by atoms with Gasteiger partial charge in [0.05, 0.1) is 18.3 Å². The fourth-order valence-electron chi connectivity index (χ4n) is 1.78. The minimum atomic E-state index is -0.487. The third-order valence-electron chi connectivity index (χ3n) is 2.82. The Kier molecular flexibility index (Phi) is 3.33. The largest absolute Gasteiger partial charge is 0.387 e. The highest BCUT2D eigenvalue weighted by molar-refractivity contribution is 4.97. The lowest BCUT2D eigenvalue weighted by atomic mass is 10.1. The van der Waals surface area contributed by atoms with Gasteiger partial charge in [0.25, 0.3) is 0 Å². The van der Waals surface area contributed by atoms with Crippen molar-refractivity contribution in [1.82, 2.24) is 15.0 Å². The number of nitrogens with zero attached hydrogens (tertiary/aromatic N) is 3. The predicted molar refractivity (Wildman–Crippen MR) is 54.4 cm³/mol. The van der Waals surface area contributed by atoms with Gasteiger partial charge in [0.15, 0.2) is 0 Å². The highest BCUT2D eigenvalue weighted by Gasteiger charge is 2.18. The number of hydrogen-bond acceptors (Lipinski definition) is 4. The number of hydrogen-bond donors (Lipinski definition) is 1. The van der Waals surface area contributed by atoms with Crippen LogP contribution in [0, 0.1) is 0 Å². The Morgan fingerprint density at radius 1 is 1.60 bits per heavy atom. The van der Waals surface area contributed by atoms with Gasteiger partial charge in [-0.25, -0.2) is 4.68 Å². The molecule has 1 atom stereocenters. The molecule has 5 heteroatoms. The van der Waals surface area contributed by atoms with E-state index < -0.39 is 6.10 Å². The smallest absolute Gasteiger partial charge is 0.111 e. The second kappa shape index (κ2) is 4.72. The van der Waals surface area contributed by atoms with E-state index in [-0.39, 0.29) is 0 Å². The zero-order valence-corrected chi connectivity index (χ0v) is 8.96. The summed E-state index contributed by atoms with van der Waals surface area (Å²) in [5.41, 5.74) is 0.670. The maximum absolute atomic E-state index is 9.60. The minimum absolute atomic E-state index is 0.379. The van der Waals surface area contributed by atoms with Crippen LogP contribution in [0.15, 0.2) is 6.20 Å². The lowest BCUT2D eigenvalue weighted by molar-refractivity contribution is 0.0657. The van der Waals surface area contributed by atoms with E-state index in [2.05, 4.69) is 10.3 Å². The zero-order valence-electron chi connectivity index (χ0n) is 8.96. The van der Waals surface area contributed by atoms with Crippen LogP contribution in [0.5, 0.6) is 0 Å². The Hall–Kier alpha value is -0.940. The Morgan fingerprint density at radius 3 is 3.00 bits per heavy atom. The third kappa shape index (κ3) is 2.35. The van der Waals surface area contributed by atoms with Crippen molar-refractivity contribution in [3.05, 3.63) is 11.9 Å². The first-order chi connectivity index (χ1) is 7.31. The summed E-state index contributed by atoms with van der Waals surface area (Å²) >= 11 is 0. The van der Waals surface area contributed by atoms with Crippen LogP contribution in [-0.4, -0.2) is 33.3 Å². The molecule has 1 aromatic rings. The monoisotopic (exact) mass is 211 g/mol. The first-order valence-corrected chi connectivity index (χ1v) is 5.48. The number of aliphatic hydroxyl groups is 1. The van der Waals surface area contributed by atoms with E-state index in [1.54, 1.807) is 0 Å². The summed E-state index contributed by atoms with van der Waals surface area (Å²) < 4.78 is 7.14. The molecule has 1 N–H and O–H groups in total. The fourth-order valence-corrected chi connectivity index (χ4v) is 1.78. The number of aliphatic hydroxyl groups excluding tert-OH is 1. The van der Waals surface area contributed by atoms with E-state index in [4.69, 9.17) is 4.74 Å². The molecule has 0 amide bonds. The van der Waals surface area contributed by atoms with E-state index in [1.165, 1.54) is 0 Å². The molecule has 1 fully saturated rings. The van der Waals surface area contributed by atoms with Crippen molar-refractivity contribution in [2.24, 2.45) is 0 Å². The molecule has 1 unspecified atom stereocenters. The summed E-state index contributed by atoms with van der Waals surface area (Å²) in [5.74, 6) is 0. The van der Waals surface area contributed by atoms with Crippen molar-refractivity contribution >= 4 is 0 Å². The first kappa shape index (κ1) is 10.6. The summed E-state index contributed by atoms with van der Waals surface area (Å²) in [7, 11) is 0. The molecule has 5 nitrogen and oxygen atoms in total. The quantitative estimate of drug-likeness (QED) is 0.812. The Bertz CT molecular complexity index is 307. The molecule has 0 spiro atoms. The highest BCUT2D eigenvalue weighted by atomic mass is 16.5. The maximum atomic E-state index is 9.60. The average Bonchev–Trinajstić information content (AvgIpc) is 2.78. The van der Waals surface area contributed by atoms with Gasteiger partial charge < -0.3 is 9.84 Å². The van der Waals surface area contributed by atoms with Gasteiger partial charge in [-0.3, -0.25) is 0 Å². The van der Waals surface area contributed by atoms with Crippen LogP contribution in [-0.2, 0) is 4.74 Å². The molecule has 1 aromatic heterocycles. The molecular weight excluding hydrogens is 194 g/mol. The van der Waals surface area contributed by atoms with Gasteiger partial charge in [0, 0.05) is 13.2 Å². The van der Waals surface area contributed by atoms with Gasteiger partial charge in [0.2, 0.25) is 0 Å². The topological polar surface area (TPSA) is 60.2 Å². The van der Waals surface area contributed by atoms with Crippen LogP contribution in [0.25, 0.3) is 0 Å². The van der Waals surface area contributed by atoms with Crippen LogP contribution in [0.4, 0.5) is 0 Å². The van der Waals surface area contributed by atoms with Gasteiger partial charge in [-0.1, -0.05) is 12.1 Å². The van der Waals surface area contributed by atoms with E-state index in [1.807, 2.05) is 17.8 Å². The maximum Gasteiger partial charge on any atom is 0.111 e. The van der Waals surface area contributed by atoms with Gasteiger partial charge in [-0.2, -0.15) is 0 Å². The molecule has 0 bridgehead atoms. The zero-order chi connectivity index (χ0) is 10.7. The van der Waals surface area contributed by atoms with Crippen molar-refractivity contribution in [1.29, 1.82) is 0 Å². The number of ether oxygens (including phenoxy) is 1. The second-order valence-corrected chi connectivity index (χ2v) is 3.89. The van der Waals surface area contributed by atoms with Crippen molar-refractivity contribution in [2.45, 2.75) is 38.3 Å². The molecule has 0 aliphatic carbocycles. The molecule has 2 heterocycles. The van der Waals surface area contributed by atoms with Crippen LogP contribution < -0.4 is 0 Å². The third-order valence-corrected chi connectivity index (χ3v) is 2.82. The van der Waals surface area contributed by atoms with E-state index in [0.717, 1.165) is 26.1 Å². The molecule has 1 aliphatic heterocycles. The van der Waals surface area contributed by atoms with Gasteiger partial charge in [-0.15, -0.1) is 5.10 Å². The van der Waals surface area contributed by atoms with Crippen LogP contribution in [0.2, 0.25) is 0 Å². The summed E-state index contributed by atoms with van der Waals surface area (Å²) in [6, 6.07) is 0.379. The number of rotatable bonds is 3. The predicted octanol–water partition coefficient (Wildman–Crippen LogP) is 1.07. The molecule has 0 saturated carbocycles. The van der Waals surface area contributed by atoms with Gasteiger partial charge in [0.1, 0.15) is 5.69 Å². The molecule has 84 valence electrons. The summed E-state index contributed by atoms with van der Waals surface area (Å²) in [5, 5.41) is 17.6. The standard InChI is InChI=1S/C10H17N3O2/c1-2-10(14)9-7-13(12-11-9)8-3-5-15-6-4-8/h7-8,10,14H,2-6H2,1H3. The van der Waals surface area contributed by atoms with Crippen molar-refractivity contribution < 1.29 is 9.84 Å². The normalized spacial score (nSPS) is 20.4. The average molecular weight is 211 g/mol. The van der Waals surface area contributed by atoms with Crippen molar-refractivity contribution in [3.63, 3.8) is 0 Å². The van der Waals surface area contributed by atoms with Crippen LogP contribution in [0.1, 0.15) is 44.0 Å².